The molecule has 1 aliphatic carbocycles. The lowest BCUT2D eigenvalue weighted by Crippen LogP contribution is -2.34. The third-order valence-electron chi connectivity index (χ3n) is 5.11. The van der Waals surface area contributed by atoms with Gasteiger partial charge in [-0.25, -0.2) is 0 Å². The molecule has 1 aromatic rings. The van der Waals surface area contributed by atoms with Crippen LogP contribution in [0.15, 0.2) is 18.2 Å². The van der Waals surface area contributed by atoms with Crippen molar-refractivity contribution in [1.82, 2.24) is 0 Å². The van der Waals surface area contributed by atoms with Crippen molar-refractivity contribution in [2.75, 3.05) is 0 Å². The monoisotopic (exact) mass is 230 g/mol. The topological polar surface area (TPSA) is 0 Å². The minimum atomic E-state index is 0.410. The molecule has 94 valence electrons. The van der Waals surface area contributed by atoms with Crippen LogP contribution in [0, 0.1) is 12.8 Å². The van der Waals surface area contributed by atoms with Gasteiger partial charge in [-0.3, -0.25) is 0 Å². The number of benzene rings is 1. The first kappa shape index (κ1) is 12.7. The van der Waals surface area contributed by atoms with Crippen molar-refractivity contribution in [3.8, 4) is 0 Å². The molecule has 0 bridgehead atoms. The third-order valence-corrected chi connectivity index (χ3v) is 5.11. The molecule has 1 fully saturated rings. The molecule has 1 aliphatic rings. The Hall–Kier alpha value is -0.780. The summed E-state index contributed by atoms with van der Waals surface area (Å²) in [4.78, 5) is 0. The van der Waals surface area contributed by atoms with E-state index in [1.807, 2.05) is 0 Å². The summed E-state index contributed by atoms with van der Waals surface area (Å²) in [6, 6.07) is 6.92. The lowest BCUT2D eigenvalue weighted by molar-refractivity contribution is 0.220. The quantitative estimate of drug-likeness (QED) is 0.669. The second-order valence-corrected chi connectivity index (χ2v) is 6.01. The average molecular weight is 230 g/mol. The molecule has 2 atom stereocenters. The molecule has 0 heterocycles. The van der Waals surface area contributed by atoms with Gasteiger partial charge in [0.1, 0.15) is 0 Å². The molecule has 0 heteroatoms. The molecule has 0 saturated heterocycles. The Morgan fingerprint density at radius 2 is 2.06 bits per heavy atom. The van der Waals surface area contributed by atoms with Gasteiger partial charge in [0.15, 0.2) is 0 Å². The zero-order valence-electron chi connectivity index (χ0n) is 11.8. The van der Waals surface area contributed by atoms with Gasteiger partial charge in [0.25, 0.3) is 0 Å². The van der Waals surface area contributed by atoms with Gasteiger partial charge in [-0.2, -0.15) is 0 Å². The molecule has 0 amide bonds. The van der Waals surface area contributed by atoms with Gasteiger partial charge < -0.3 is 0 Å². The molecule has 0 nitrogen and oxygen atoms in total. The summed E-state index contributed by atoms with van der Waals surface area (Å²) in [5.74, 6) is 0.821. The molecular weight excluding hydrogens is 204 g/mol. The third kappa shape index (κ3) is 2.14. The molecule has 2 rings (SSSR count). The Morgan fingerprint density at radius 1 is 1.29 bits per heavy atom. The molecule has 0 radical (unpaired) electrons. The first-order valence-electron chi connectivity index (χ1n) is 7.18. The van der Waals surface area contributed by atoms with E-state index in [4.69, 9.17) is 0 Å². The van der Waals surface area contributed by atoms with Gasteiger partial charge in [0.05, 0.1) is 0 Å². The van der Waals surface area contributed by atoms with Crippen LogP contribution in [0.5, 0.6) is 0 Å². The van der Waals surface area contributed by atoms with Crippen molar-refractivity contribution in [3.63, 3.8) is 0 Å². The highest BCUT2D eigenvalue weighted by molar-refractivity contribution is 5.39. The van der Waals surface area contributed by atoms with Gasteiger partial charge in [-0.05, 0) is 54.2 Å². The van der Waals surface area contributed by atoms with Gasteiger partial charge in [-0.1, -0.05) is 51.8 Å². The second kappa shape index (κ2) is 4.84. The maximum absolute atomic E-state index is 2.48. The SMILES string of the molecule is CCc1cccc(C2(C)CCCCC2C)c1C. The van der Waals surface area contributed by atoms with Gasteiger partial charge in [0, 0.05) is 0 Å². The predicted molar refractivity (Wildman–Crippen MR) is 75.5 cm³/mol. The van der Waals surface area contributed by atoms with E-state index in [-0.39, 0.29) is 0 Å². The first-order valence-corrected chi connectivity index (χ1v) is 7.18. The predicted octanol–water partition coefficient (Wildman–Crippen LogP) is 5.03. The van der Waals surface area contributed by atoms with Crippen LogP contribution in [0.3, 0.4) is 0 Å². The maximum atomic E-state index is 2.48. The summed E-state index contributed by atoms with van der Waals surface area (Å²) in [5.41, 5.74) is 5.10. The summed E-state index contributed by atoms with van der Waals surface area (Å²) >= 11 is 0. The Bertz CT molecular complexity index is 391. The smallest absolute Gasteiger partial charge is 0.00469 e. The van der Waals surface area contributed by atoms with E-state index in [2.05, 4.69) is 45.9 Å². The Labute approximate surface area is 106 Å². The number of hydrogen-bond acceptors (Lipinski definition) is 0. The van der Waals surface area contributed by atoms with E-state index in [9.17, 15) is 0 Å². The van der Waals surface area contributed by atoms with E-state index >= 15 is 0 Å². The number of aryl methyl sites for hydroxylation is 1. The fourth-order valence-electron chi connectivity index (χ4n) is 3.59. The molecule has 0 aromatic heterocycles. The van der Waals surface area contributed by atoms with Gasteiger partial charge >= 0.3 is 0 Å². The van der Waals surface area contributed by atoms with Crippen molar-refractivity contribution in [3.05, 3.63) is 34.9 Å². The van der Waals surface area contributed by atoms with E-state index in [1.165, 1.54) is 31.2 Å². The van der Waals surface area contributed by atoms with Gasteiger partial charge in [-0.15, -0.1) is 0 Å². The Morgan fingerprint density at radius 3 is 2.71 bits per heavy atom. The Balaban J connectivity index is 2.44. The van der Waals surface area contributed by atoms with Crippen molar-refractivity contribution >= 4 is 0 Å². The van der Waals surface area contributed by atoms with Crippen molar-refractivity contribution in [2.45, 2.75) is 65.2 Å². The van der Waals surface area contributed by atoms with E-state index in [1.54, 1.807) is 11.1 Å². The molecule has 0 N–H and O–H groups in total. The normalized spacial score (nSPS) is 29.3. The van der Waals surface area contributed by atoms with Crippen LogP contribution in [-0.4, -0.2) is 0 Å². The second-order valence-electron chi connectivity index (χ2n) is 6.01. The molecule has 0 aliphatic heterocycles. The van der Waals surface area contributed by atoms with Crippen LogP contribution >= 0.6 is 0 Å². The van der Waals surface area contributed by atoms with E-state index < -0.39 is 0 Å². The average Bonchev–Trinajstić information content (AvgIpc) is 2.33. The van der Waals surface area contributed by atoms with Crippen LogP contribution in [0.2, 0.25) is 0 Å². The maximum Gasteiger partial charge on any atom is -0.00469 e. The highest BCUT2D eigenvalue weighted by Gasteiger charge is 2.36. The first-order chi connectivity index (χ1) is 8.09. The molecule has 0 spiro atoms. The molecule has 1 aromatic carbocycles. The fraction of sp³-hybridized carbons (Fsp3) is 0.647. The summed E-state index contributed by atoms with van der Waals surface area (Å²) in [6.07, 6.45) is 6.73. The zero-order chi connectivity index (χ0) is 12.5. The standard InChI is InChI=1S/C17H26/c1-5-15-10-8-11-16(14(15)3)17(4)12-7-6-9-13(17)2/h8,10-11,13H,5-7,9,12H2,1-4H3. The Kier molecular flexibility index (Phi) is 3.61. The summed E-state index contributed by atoms with van der Waals surface area (Å²) in [6.45, 7) is 9.51. The van der Waals surface area contributed by atoms with E-state index in [0.717, 1.165) is 12.3 Å². The van der Waals surface area contributed by atoms with Crippen molar-refractivity contribution < 1.29 is 0 Å². The van der Waals surface area contributed by atoms with Crippen molar-refractivity contribution in [1.29, 1.82) is 0 Å². The fourth-order valence-corrected chi connectivity index (χ4v) is 3.59. The lowest BCUT2D eigenvalue weighted by Gasteiger charge is -2.41. The van der Waals surface area contributed by atoms with Crippen LogP contribution in [0.4, 0.5) is 0 Å². The number of rotatable bonds is 2. The lowest BCUT2D eigenvalue weighted by atomic mass is 9.63. The minimum Gasteiger partial charge on any atom is -0.0617 e. The molecular formula is C17H26. The van der Waals surface area contributed by atoms with Crippen LogP contribution in [0.25, 0.3) is 0 Å². The van der Waals surface area contributed by atoms with Crippen LogP contribution < -0.4 is 0 Å². The van der Waals surface area contributed by atoms with Crippen molar-refractivity contribution in [2.24, 2.45) is 5.92 Å². The van der Waals surface area contributed by atoms with Gasteiger partial charge in [0.2, 0.25) is 0 Å². The highest BCUT2D eigenvalue weighted by atomic mass is 14.4. The summed E-state index contributed by atoms with van der Waals surface area (Å²) in [7, 11) is 0. The van der Waals surface area contributed by atoms with E-state index in [0.29, 0.717) is 5.41 Å². The highest BCUT2D eigenvalue weighted by Crippen LogP contribution is 2.44. The number of hydrogen-bond donors (Lipinski definition) is 0. The summed E-state index contributed by atoms with van der Waals surface area (Å²) < 4.78 is 0. The molecule has 1 saturated carbocycles. The van der Waals surface area contributed by atoms with Crippen LogP contribution in [-0.2, 0) is 11.8 Å². The zero-order valence-corrected chi connectivity index (χ0v) is 11.8. The molecule has 17 heavy (non-hydrogen) atoms. The molecule has 2 unspecified atom stereocenters. The minimum absolute atomic E-state index is 0.410. The van der Waals surface area contributed by atoms with Crippen LogP contribution in [0.1, 0.15) is 63.1 Å². The summed E-state index contributed by atoms with van der Waals surface area (Å²) in [5, 5.41) is 0. The largest absolute Gasteiger partial charge is 0.0617 e.